The van der Waals surface area contributed by atoms with Crippen molar-refractivity contribution in [2.45, 2.75) is 66.6 Å². The van der Waals surface area contributed by atoms with Crippen molar-refractivity contribution in [3.63, 3.8) is 0 Å². The van der Waals surface area contributed by atoms with Gasteiger partial charge >= 0.3 is 5.79 Å². The molecule has 2 aliphatic heterocycles. The van der Waals surface area contributed by atoms with Crippen molar-refractivity contribution in [1.29, 1.82) is 0 Å². The molecule has 2 atom stereocenters. The molecule has 29 heavy (non-hydrogen) atoms. The Kier molecular flexibility index (Phi) is 5.24. The van der Waals surface area contributed by atoms with Crippen LogP contribution in [0.5, 0.6) is 17.2 Å². The third-order valence-electron chi connectivity index (χ3n) is 5.83. The van der Waals surface area contributed by atoms with Gasteiger partial charge < -0.3 is 19.7 Å². The Labute approximate surface area is 170 Å². The minimum Gasteiger partial charge on any atom is -0.507 e. The molecule has 2 aliphatic rings. The quantitative estimate of drug-likeness (QED) is 0.563. The lowest BCUT2D eigenvalue weighted by molar-refractivity contribution is -0.160. The Morgan fingerprint density at radius 2 is 1.86 bits per heavy atom. The first-order valence-electron chi connectivity index (χ1n) is 9.91. The smallest absolute Gasteiger partial charge is 0.319 e. The number of phenolic OH excluding ortho intramolecular Hbond substituents is 2. The van der Waals surface area contributed by atoms with Gasteiger partial charge in [-0.25, -0.2) is 0 Å². The van der Waals surface area contributed by atoms with Crippen LogP contribution in [0.15, 0.2) is 23.0 Å². The standard InChI is InChI=1S/C23H28O6/c1-7-12(4)18(24)17-20(26)15(9-8-11(2)3)19(25)16-10-23(29-21(16)17)22(27)13(5)14(6)28-23/h8,12,25-26H,7,9-10H2,1-6H3. The van der Waals surface area contributed by atoms with Gasteiger partial charge in [-0.1, -0.05) is 25.5 Å². The lowest BCUT2D eigenvalue weighted by Gasteiger charge is -2.22. The highest BCUT2D eigenvalue weighted by Gasteiger charge is 2.56. The monoisotopic (exact) mass is 400 g/mol. The fourth-order valence-corrected chi connectivity index (χ4v) is 3.68. The largest absolute Gasteiger partial charge is 0.507 e. The van der Waals surface area contributed by atoms with Gasteiger partial charge in [-0.05, 0) is 40.5 Å². The van der Waals surface area contributed by atoms with Gasteiger partial charge in [-0.2, -0.15) is 0 Å². The molecule has 0 aromatic heterocycles. The molecule has 0 aliphatic carbocycles. The van der Waals surface area contributed by atoms with Crippen LogP contribution in [0.3, 0.4) is 0 Å². The average Bonchev–Trinajstić information content (AvgIpc) is 3.14. The third-order valence-corrected chi connectivity index (χ3v) is 5.83. The zero-order valence-electron chi connectivity index (χ0n) is 17.8. The van der Waals surface area contributed by atoms with Crippen molar-refractivity contribution >= 4 is 11.6 Å². The Bertz CT molecular complexity index is 964. The van der Waals surface area contributed by atoms with E-state index < -0.39 is 5.79 Å². The van der Waals surface area contributed by atoms with Gasteiger partial charge in [0, 0.05) is 22.6 Å². The van der Waals surface area contributed by atoms with E-state index in [1.165, 1.54) is 0 Å². The van der Waals surface area contributed by atoms with Crippen LogP contribution in [0.4, 0.5) is 0 Å². The molecular formula is C23H28O6. The van der Waals surface area contributed by atoms with E-state index in [0.29, 0.717) is 23.3 Å². The van der Waals surface area contributed by atoms with Gasteiger partial charge in [0.1, 0.15) is 28.6 Å². The highest BCUT2D eigenvalue weighted by Crippen LogP contribution is 2.52. The van der Waals surface area contributed by atoms with Gasteiger partial charge in [0.25, 0.3) is 0 Å². The fourth-order valence-electron chi connectivity index (χ4n) is 3.68. The number of phenols is 2. The van der Waals surface area contributed by atoms with E-state index >= 15 is 0 Å². The number of benzene rings is 1. The number of carbonyl (C=O) groups excluding carboxylic acids is 2. The number of rotatable bonds is 5. The Morgan fingerprint density at radius 1 is 1.21 bits per heavy atom. The molecular weight excluding hydrogens is 372 g/mol. The fraction of sp³-hybridized carbons (Fsp3) is 0.478. The van der Waals surface area contributed by atoms with Gasteiger partial charge in [0.15, 0.2) is 5.78 Å². The molecule has 6 nitrogen and oxygen atoms in total. The second kappa shape index (κ2) is 7.25. The first-order valence-corrected chi connectivity index (χ1v) is 9.91. The maximum atomic E-state index is 13.1. The summed E-state index contributed by atoms with van der Waals surface area (Å²) in [6, 6.07) is 0. The predicted molar refractivity (Wildman–Crippen MR) is 108 cm³/mol. The number of fused-ring (bicyclic) bond motifs is 1. The van der Waals surface area contributed by atoms with Crippen LogP contribution in [0.2, 0.25) is 0 Å². The van der Waals surface area contributed by atoms with Crippen molar-refractivity contribution in [2.24, 2.45) is 5.92 Å². The lowest BCUT2D eigenvalue weighted by Crippen LogP contribution is -2.42. The van der Waals surface area contributed by atoms with E-state index in [-0.39, 0.29) is 58.7 Å². The molecule has 0 fully saturated rings. The van der Waals surface area contributed by atoms with Gasteiger partial charge in [-0.3, -0.25) is 9.59 Å². The van der Waals surface area contributed by atoms with Gasteiger partial charge in [0.05, 0.1) is 6.42 Å². The third kappa shape index (κ3) is 3.20. The van der Waals surface area contributed by atoms with Crippen LogP contribution in [0, 0.1) is 5.92 Å². The molecule has 0 radical (unpaired) electrons. The maximum Gasteiger partial charge on any atom is 0.319 e. The van der Waals surface area contributed by atoms with E-state index in [1.807, 2.05) is 26.8 Å². The number of ketones is 2. The number of hydrogen-bond donors (Lipinski definition) is 2. The van der Waals surface area contributed by atoms with Crippen LogP contribution >= 0.6 is 0 Å². The van der Waals surface area contributed by atoms with E-state index in [4.69, 9.17) is 9.47 Å². The normalized spacial score (nSPS) is 21.1. The topological polar surface area (TPSA) is 93.1 Å². The SMILES string of the molecule is CCC(C)C(=O)c1c(O)c(CC=C(C)C)c(O)c2c1OC1(C2)OC(C)=C(C)C1=O. The molecule has 1 aromatic rings. The molecule has 0 amide bonds. The zero-order valence-corrected chi connectivity index (χ0v) is 17.8. The Morgan fingerprint density at radius 3 is 2.38 bits per heavy atom. The first-order chi connectivity index (χ1) is 13.5. The van der Waals surface area contributed by atoms with Crippen molar-refractivity contribution in [3.05, 3.63) is 39.7 Å². The summed E-state index contributed by atoms with van der Waals surface area (Å²) in [6.45, 7) is 10.8. The van der Waals surface area contributed by atoms with E-state index in [0.717, 1.165) is 5.57 Å². The molecule has 0 saturated carbocycles. The molecule has 3 rings (SSSR count). The minimum absolute atomic E-state index is 0.0137. The molecule has 6 heteroatoms. The number of aromatic hydroxyl groups is 2. The molecule has 156 valence electrons. The van der Waals surface area contributed by atoms with Gasteiger partial charge in [0.2, 0.25) is 5.78 Å². The summed E-state index contributed by atoms with van der Waals surface area (Å²) in [5.41, 5.74) is 2.05. The van der Waals surface area contributed by atoms with Gasteiger partial charge in [-0.15, -0.1) is 0 Å². The second-order valence-corrected chi connectivity index (χ2v) is 8.16. The minimum atomic E-state index is -1.62. The van der Waals surface area contributed by atoms with Crippen molar-refractivity contribution in [3.8, 4) is 17.2 Å². The molecule has 0 bridgehead atoms. The number of hydrogen-bond acceptors (Lipinski definition) is 6. The Balaban J connectivity index is 2.20. The number of ether oxygens (including phenoxy) is 2. The van der Waals surface area contributed by atoms with Crippen LogP contribution in [-0.4, -0.2) is 27.6 Å². The number of carbonyl (C=O) groups is 2. The van der Waals surface area contributed by atoms with Crippen molar-refractivity contribution in [2.75, 3.05) is 0 Å². The van der Waals surface area contributed by atoms with E-state index in [1.54, 1.807) is 20.8 Å². The first kappa shape index (κ1) is 21.0. The van der Waals surface area contributed by atoms with E-state index in [2.05, 4.69) is 0 Å². The summed E-state index contributed by atoms with van der Waals surface area (Å²) in [5, 5.41) is 21.8. The highest BCUT2D eigenvalue weighted by molar-refractivity contribution is 6.07. The molecule has 2 heterocycles. The molecule has 1 spiro atoms. The summed E-state index contributed by atoms with van der Waals surface area (Å²) in [6.07, 6.45) is 2.67. The molecule has 2 N–H and O–H groups in total. The number of Topliss-reactive ketones (excluding diaryl/α,β-unsaturated/α-hetero) is 2. The zero-order chi connectivity index (χ0) is 21.7. The van der Waals surface area contributed by atoms with Crippen LogP contribution in [0.1, 0.15) is 69.4 Å². The Hall–Kier alpha value is -2.76. The summed E-state index contributed by atoms with van der Waals surface area (Å²) in [7, 11) is 0. The lowest BCUT2D eigenvalue weighted by atomic mass is 9.89. The molecule has 0 saturated heterocycles. The summed E-state index contributed by atoms with van der Waals surface area (Å²) in [4.78, 5) is 25.9. The second-order valence-electron chi connectivity index (χ2n) is 8.16. The van der Waals surface area contributed by atoms with Crippen LogP contribution in [0.25, 0.3) is 0 Å². The predicted octanol–water partition coefficient (Wildman–Crippen LogP) is 4.36. The molecule has 2 unspecified atom stereocenters. The van der Waals surface area contributed by atoms with Crippen LogP contribution in [-0.2, 0) is 22.4 Å². The number of allylic oxidation sites excluding steroid dienone is 3. The summed E-state index contributed by atoms with van der Waals surface area (Å²) in [5.74, 6) is -2.57. The maximum absolute atomic E-state index is 13.1. The summed E-state index contributed by atoms with van der Waals surface area (Å²) < 4.78 is 11.7. The van der Waals surface area contributed by atoms with Crippen LogP contribution < -0.4 is 4.74 Å². The highest BCUT2D eigenvalue weighted by atomic mass is 16.7. The van der Waals surface area contributed by atoms with Crippen molar-refractivity contribution < 1.29 is 29.3 Å². The van der Waals surface area contributed by atoms with Crippen molar-refractivity contribution in [1.82, 2.24) is 0 Å². The molecule has 1 aromatic carbocycles. The van der Waals surface area contributed by atoms with E-state index in [9.17, 15) is 19.8 Å². The average molecular weight is 400 g/mol. The summed E-state index contributed by atoms with van der Waals surface area (Å²) >= 11 is 0.